The maximum absolute atomic E-state index is 12.8. The van der Waals surface area contributed by atoms with E-state index in [0.29, 0.717) is 11.6 Å². The molecule has 0 spiro atoms. The van der Waals surface area contributed by atoms with Crippen molar-refractivity contribution in [3.63, 3.8) is 0 Å². The van der Waals surface area contributed by atoms with Gasteiger partial charge in [0.2, 0.25) is 0 Å². The number of benzene rings is 3. The lowest BCUT2D eigenvalue weighted by Crippen LogP contribution is -2.15. The normalized spacial score (nSPS) is 11.8. The van der Waals surface area contributed by atoms with E-state index in [1.54, 1.807) is 30.0 Å². The highest BCUT2D eigenvalue weighted by Gasteiger charge is 2.18. The van der Waals surface area contributed by atoms with Gasteiger partial charge >= 0.3 is 0 Å². The van der Waals surface area contributed by atoms with Gasteiger partial charge in [0.1, 0.15) is 5.52 Å². The Kier molecular flexibility index (Phi) is 5.60. The standard InChI is InChI=1S/C22H17N5O3S3/c1-33(29,30)20-9-5-2-6-15(20)21(28)23-14-10-11-17-19(12-14)32-22(24-17)31-13-27-18-8-4-3-7-16(18)25-26-27/h2-12H,13H2,1H3,(H,23,28). The highest BCUT2D eigenvalue weighted by molar-refractivity contribution is 8.00. The van der Waals surface area contributed by atoms with Gasteiger partial charge in [-0.15, -0.1) is 16.4 Å². The molecular weight excluding hydrogens is 478 g/mol. The number of amides is 1. The van der Waals surface area contributed by atoms with E-state index in [9.17, 15) is 13.2 Å². The molecule has 0 unspecified atom stereocenters. The first-order valence-electron chi connectivity index (χ1n) is 9.80. The van der Waals surface area contributed by atoms with Gasteiger partial charge in [-0.2, -0.15) is 0 Å². The molecule has 0 aliphatic rings. The number of fused-ring (bicyclic) bond motifs is 2. The molecule has 2 heterocycles. The summed E-state index contributed by atoms with van der Waals surface area (Å²) in [6, 6.07) is 19.4. The Labute approximate surface area is 197 Å². The number of carbonyl (C=O) groups excluding carboxylic acids is 1. The Balaban J connectivity index is 1.34. The Hall–Kier alpha value is -3.28. The number of nitrogens with one attached hydrogen (secondary N) is 1. The molecule has 2 aromatic heterocycles. The van der Waals surface area contributed by atoms with E-state index in [2.05, 4.69) is 20.6 Å². The number of anilines is 1. The smallest absolute Gasteiger partial charge is 0.256 e. The molecule has 8 nitrogen and oxygen atoms in total. The van der Waals surface area contributed by atoms with Crippen molar-refractivity contribution in [3.8, 4) is 0 Å². The fraction of sp³-hybridized carbons (Fsp3) is 0.0909. The van der Waals surface area contributed by atoms with E-state index in [-0.39, 0.29) is 10.5 Å². The summed E-state index contributed by atoms with van der Waals surface area (Å²) in [7, 11) is -3.52. The number of sulfone groups is 1. The molecule has 0 fully saturated rings. The number of thioether (sulfide) groups is 1. The Morgan fingerprint density at radius 1 is 1.06 bits per heavy atom. The second-order valence-corrected chi connectivity index (χ2v) is 11.4. The number of carbonyl (C=O) groups is 1. The van der Waals surface area contributed by atoms with Crippen molar-refractivity contribution in [2.24, 2.45) is 0 Å². The molecule has 0 bridgehead atoms. The van der Waals surface area contributed by atoms with Crippen LogP contribution in [0.5, 0.6) is 0 Å². The largest absolute Gasteiger partial charge is 0.322 e. The van der Waals surface area contributed by atoms with Crippen LogP contribution in [0.4, 0.5) is 5.69 Å². The first-order valence-corrected chi connectivity index (χ1v) is 13.5. The van der Waals surface area contributed by atoms with Crippen LogP contribution in [0, 0.1) is 0 Å². The zero-order valence-corrected chi connectivity index (χ0v) is 19.7. The molecule has 0 aliphatic carbocycles. The number of rotatable bonds is 6. The summed E-state index contributed by atoms with van der Waals surface area (Å²) in [6.45, 7) is 0. The van der Waals surface area contributed by atoms with Crippen molar-refractivity contribution in [1.29, 1.82) is 0 Å². The molecule has 5 rings (SSSR count). The van der Waals surface area contributed by atoms with Crippen LogP contribution in [-0.2, 0) is 15.7 Å². The third-order valence-electron chi connectivity index (χ3n) is 4.89. The molecule has 5 aromatic rings. The molecule has 166 valence electrons. The van der Waals surface area contributed by atoms with Crippen LogP contribution in [0.2, 0.25) is 0 Å². The molecule has 0 saturated heterocycles. The third-order valence-corrected chi connectivity index (χ3v) is 8.17. The van der Waals surface area contributed by atoms with E-state index in [4.69, 9.17) is 0 Å². The maximum Gasteiger partial charge on any atom is 0.256 e. The summed E-state index contributed by atoms with van der Waals surface area (Å²) in [4.78, 5) is 17.4. The summed E-state index contributed by atoms with van der Waals surface area (Å²) in [5.74, 6) is 0.0965. The maximum atomic E-state index is 12.8. The van der Waals surface area contributed by atoms with Crippen LogP contribution in [0.3, 0.4) is 0 Å². The topological polar surface area (TPSA) is 107 Å². The summed E-state index contributed by atoms with van der Waals surface area (Å²) in [5.41, 5.74) is 3.31. The zero-order valence-electron chi connectivity index (χ0n) is 17.3. The number of nitrogens with zero attached hydrogens (tertiary/aromatic N) is 4. The van der Waals surface area contributed by atoms with Crippen LogP contribution in [-0.4, -0.2) is 40.6 Å². The second kappa shape index (κ2) is 8.58. The Bertz CT molecular complexity index is 1610. The van der Waals surface area contributed by atoms with Crippen molar-refractivity contribution in [2.75, 3.05) is 11.6 Å². The van der Waals surface area contributed by atoms with E-state index in [1.165, 1.54) is 23.5 Å². The lowest BCUT2D eigenvalue weighted by molar-refractivity contribution is 0.102. The van der Waals surface area contributed by atoms with Crippen molar-refractivity contribution in [2.45, 2.75) is 15.1 Å². The molecule has 0 atom stereocenters. The average molecular weight is 496 g/mol. The van der Waals surface area contributed by atoms with Gasteiger partial charge in [0.15, 0.2) is 14.2 Å². The van der Waals surface area contributed by atoms with Gasteiger partial charge in [0.05, 0.1) is 32.1 Å². The van der Waals surface area contributed by atoms with Gasteiger partial charge in [0, 0.05) is 11.9 Å². The number of thiazole rings is 1. The van der Waals surface area contributed by atoms with Gasteiger partial charge in [-0.1, -0.05) is 41.2 Å². The van der Waals surface area contributed by atoms with E-state index < -0.39 is 15.7 Å². The molecule has 33 heavy (non-hydrogen) atoms. The highest BCUT2D eigenvalue weighted by Crippen LogP contribution is 2.32. The lowest BCUT2D eigenvalue weighted by atomic mass is 10.2. The number of aromatic nitrogens is 4. The van der Waals surface area contributed by atoms with Gasteiger partial charge in [-0.05, 0) is 42.5 Å². The Morgan fingerprint density at radius 3 is 2.70 bits per heavy atom. The van der Waals surface area contributed by atoms with Crippen molar-refractivity contribution in [3.05, 3.63) is 72.3 Å². The molecule has 1 N–H and O–H groups in total. The third kappa shape index (κ3) is 4.47. The Morgan fingerprint density at radius 2 is 1.85 bits per heavy atom. The fourth-order valence-corrected chi connectivity index (χ4v) is 6.22. The minimum absolute atomic E-state index is 0.000639. The number of hydrogen-bond acceptors (Lipinski definition) is 8. The average Bonchev–Trinajstić information content (AvgIpc) is 3.40. The van der Waals surface area contributed by atoms with Crippen LogP contribution < -0.4 is 5.32 Å². The van der Waals surface area contributed by atoms with Crippen LogP contribution in [0.15, 0.2) is 76.0 Å². The molecule has 1 amide bonds. The van der Waals surface area contributed by atoms with Gasteiger partial charge in [0.25, 0.3) is 5.91 Å². The molecule has 0 radical (unpaired) electrons. The summed E-state index contributed by atoms with van der Waals surface area (Å²) in [5, 5.41) is 11.2. The molecule has 0 aliphatic heterocycles. The predicted molar refractivity (Wildman–Crippen MR) is 131 cm³/mol. The quantitative estimate of drug-likeness (QED) is 0.347. The molecule has 0 saturated carbocycles. The van der Waals surface area contributed by atoms with Gasteiger partial charge in [-0.3, -0.25) is 4.79 Å². The first kappa shape index (κ1) is 21.6. The monoisotopic (exact) mass is 495 g/mol. The van der Waals surface area contributed by atoms with Crippen LogP contribution >= 0.6 is 23.1 Å². The zero-order chi connectivity index (χ0) is 23.0. The predicted octanol–water partition coefficient (Wildman–Crippen LogP) is 4.45. The van der Waals surface area contributed by atoms with Crippen molar-refractivity contribution < 1.29 is 13.2 Å². The minimum Gasteiger partial charge on any atom is -0.322 e. The summed E-state index contributed by atoms with van der Waals surface area (Å²) in [6.07, 6.45) is 1.09. The number of hydrogen-bond donors (Lipinski definition) is 1. The SMILES string of the molecule is CS(=O)(=O)c1ccccc1C(=O)Nc1ccc2nc(SCn3nnc4ccccc43)sc2c1. The van der Waals surface area contributed by atoms with Crippen LogP contribution in [0.1, 0.15) is 10.4 Å². The van der Waals surface area contributed by atoms with Crippen molar-refractivity contribution >= 4 is 65.8 Å². The van der Waals surface area contributed by atoms with Gasteiger partial charge in [-0.25, -0.2) is 18.1 Å². The molecule has 3 aromatic carbocycles. The van der Waals surface area contributed by atoms with E-state index in [0.717, 1.165) is 31.8 Å². The van der Waals surface area contributed by atoms with Crippen LogP contribution in [0.25, 0.3) is 21.3 Å². The van der Waals surface area contributed by atoms with E-state index >= 15 is 0 Å². The summed E-state index contributed by atoms with van der Waals surface area (Å²) < 4.78 is 27.6. The molecular formula is C22H17N5O3S3. The summed E-state index contributed by atoms with van der Waals surface area (Å²) >= 11 is 3.07. The highest BCUT2D eigenvalue weighted by atomic mass is 32.2. The molecule has 11 heteroatoms. The van der Waals surface area contributed by atoms with Crippen molar-refractivity contribution in [1.82, 2.24) is 20.0 Å². The van der Waals surface area contributed by atoms with Gasteiger partial charge < -0.3 is 5.32 Å². The van der Waals surface area contributed by atoms with E-state index in [1.807, 2.05) is 41.1 Å². The second-order valence-electron chi connectivity index (χ2n) is 7.24. The minimum atomic E-state index is -3.52. The fourth-order valence-electron chi connectivity index (χ4n) is 3.35. The first-order chi connectivity index (χ1) is 15.9. The number of para-hydroxylation sites is 1. The lowest BCUT2D eigenvalue weighted by Gasteiger charge is -2.09.